The van der Waals surface area contributed by atoms with Crippen LogP contribution < -0.4 is 10.4 Å². The average molecular weight is 338 g/mol. The van der Waals surface area contributed by atoms with E-state index in [-0.39, 0.29) is 25.6 Å². The van der Waals surface area contributed by atoms with Gasteiger partial charge in [0.25, 0.3) is 0 Å². The molecule has 8 heteroatoms. The fourth-order valence-electron chi connectivity index (χ4n) is 2.04. The van der Waals surface area contributed by atoms with Gasteiger partial charge in [0.2, 0.25) is 5.91 Å². The molecule has 1 amide bonds. The number of amides is 1. The van der Waals surface area contributed by atoms with E-state index in [1.807, 2.05) is 18.2 Å². The highest BCUT2D eigenvalue weighted by Crippen LogP contribution is 2.33. The maximum Gasteiger partial charge on any atom is 0.344 e. The number of esters is 1. The molecular weight excluding hydrogens is 320 g/mol. The van der Waals surface area contributed by atoms with Gasteiger partial charge < -0.3 is 9.57 Å². The van der Waals surface area contributed by atoms with Crippen LogP contribution in [0.15, 0.2) is 29.2 Å². The van der Waals surface area contributed by atoms with Gasteiger partial charge in [0.05, 0.1) is 12.3 Å². The number of nitrogens with one attached hydrogen (secondary N) is 1. The van der Waals surface area contributed by atoms with Crippen molar-refractivity contribution < 1.29 is 24.0 Å². The van der Waals surface area contributed by atoms with E-state index in [9.17, 15) is 14.4 Å². The number of nitrogens with zero attached hydrogens (tertiary/aromatic N) is 1. The molecule has 0 aromatic heterocycles. The zero-order chi connectivity index (χ0) is 16.7. The van der Waals surface area contributed by atoms with E-state index in [0.717, 1.165) is 4.90 Å². The Bertz CT molecular complexity index is 593. The van der Waals surface area contributed by atoms with Gasteiger partial charge in [-0.2, -0.15) is 0 Å². The van der Waals surface area contributed by atoms with Crippen LogP contribution in [-0.4, -0.2) is 43.3 Å². The van der Waals surface area contributed by atoms with Crippen LogP contribution >= 0.6 is 11.8 Å². The van der Waals surface area contributed by atoms with Crippen LogP contribution in [0.3, 0.4) is 0 Å². The molecule has 0 saturated heterocycles. The summed E-state index contributed by atoms with van der Waals surface area (Å²) in [6, 6.07) is 7.41. The Morgan fingerprint density at radius 1 is 1.30 bits per heavy atom. The third-order valence-electron chi connectivity index (χ3n) is 3.03. The number of hydroxylamine groups is 1. The van der Waals surface area contributed by atoms with Crippen molar-refractivity contribution in [3.63, 3.8) is 0 Å². The minimum absolute atomic E-state index is 0.134. The van der Waals surface area contributed by atoms with Gasteiger partial charge >= 0.3 is 11.9 Å². The highest BCUT2D eigenvalue weighted by molar-refractivity contribution is 7.99. The molecule has 0 radical (unpaired) electrons. The second kappa shape index (κ2) is 8.54. The van der Waals surface area contributed by atoms with E-state index >= 15 is 0 Å². The van der Waals surface area contributed by atoms with Crippen LogP contribution in [0.4, 0.5) is 5.69 Å². The first-order valence-corrected chi connectivity index (χ1v) is 8.20. The fraction of sp³-hybridized carbons (Fsp3) is 0.400. The summed E-state index contributed by atoms with van der Waals surface area (Å²) in [6.07, 6.45) is 0.350. The lowest BCUT2D eigenvalue weighted by Crippen LogP contribution is -2.38. The molecule has 1 aliphatic heterocycles. The number of carbonyl (C=O) groups excluding carboxylic acids is 3. The average Bonchev–Trinajstić information content (AvgIpc) is 2.68. The second-order valence-electron chi connectivity index (χ2n) is 4.65. The Morgan fingerprint density at radius 2 is 2.09 bits per heavy atom. The van der Waals surface area contributed by atoms with Crippen molar-refractivity contribution in [3.05, 3.63) is 24.3 Å². The minimum atomic E-state index is -0.649. The third kappa shape index (κ3) is 4.97. The van der Waals surface area contributed by atoms with Crippen molar-refractivity contribution in [2.75, 3.05) is 30.3 Å². The summed E-state index contributed by atoms with van der Waals surface area (Å²) in [5, 5.41) is 0. The van der Waals surface area contributed by atoms with Gasteiger partial charge in [-0.05, 0) is 19.1 Å². The molecule has 0 bridgehead atoms. The van der Waals surface area contributed by atoms with E-state index in [0.29, 0.717) is 17.9 Å². The van der Waals surface area contributed by atoms with Crippen LogP contribution in [-0.2, 0) is 24.0 Å². The van der Waals surface area contributed by atoms with E-state index in [1.54, 1.807) is 24.8 Å². The lowest BCUT2D eigenvalue weighted by molar-refractivity contribution is -0.154. The van der Waals surface area contributed by atoms with Crippen LogP contribution in [0.25, 0.3) is 0 Å². The molecule has 1 aromatic carbocycles. The molecule has 0 spiro atoms. The Balaban J connectivity index is 1.94. The largest absolute Gasteiger partial charge is 0.465 e. The first-order chi connectivity index (χ1) is 11.1. The number of anilines is 1. The molecule has 1 N–H and O–H groups in total. The van der Waals surface area contributed by atoms with Gasteiger partial charge in [0, 0.05) is 17.1 Å². The first kappa shape index (κ1) is 17.3. The molecule has 1 aliphatic rings. The van der Waals surface area contributed by atoms with Gasteiger partial charge in [-0.1, -0.05) is 12.1 Å². The van der Waals surface area contributed by atoms with Crippen LogP contribution in [0, 0.1) is 0 Å². The Morgan fingerprint density at radius 3 is 2.87 bits per heavy atom. The highest BCUT2D eigenvalue weighted by atomic mass is 32.2. The molecule has 0 fully saturated rings. The molecule has 1 heterocycles. The zero-order valence-corrected chi connectivity index (χ0v) is 13.6. The number of hydrogen-bond acceptors (Lipinski definition) is 7. The van der Waals surface area contributed by atoms with E-state index < -0.39 is 11.9 Å². The number of rotatable bonds is 6. The van der Waals surface area contributed by atoms with E-state index in [1.165, 1.54) is 4.90 Å². The Hall–Kier alpha value is -2.06. The molecular formula is C15H18N2O5S. The van der Waals surface area contributed by atoms with Crippen molar-refractivity contribution in [1.29, 1.82) is 0 Å². The van der Waals surface area contributed by atoms with Gasteiger partial charge in [0.15, 0.2) is 0 Å². The summed E-state index contributed by atoms with van der Waals surface area (Å²) >= 11 is 1.58. The molecule has 0 unspecified atom stereocenters. The maximum atomic E-state index is 12.2. The molecule has 124 valence electrons. The number of benzene rings is 1. The monoisotopic (exact) mass is 338 g/mol. The predicted molar refractivity (Wildman–Crippen MR) is 84.9 cm³/mol. The normalized spacial score (nSPS) is 14.0. The highest BCUT2D eigenvalue weighted by Gasteiger charge is 2.25. The van der Waals surface area contributed by atoms with Gasteiger partial charge in [-0.25, -0.2) is 4.79 Å². The van der Waals surface area contributed by atoms with Crippen molar-refractivity contribution in [2.24, 2.45) is 0 Å². The number of para-hydroxylation sites is 1. The fourth-order valence-corrected chi connectivity index (χ4v) is 3.04. The lowest BCUT2D eigenvalue weighted by Gasteiger charge is -2.21. The minimum Gasteiger partial charge on any atom is -0.465 e. The van der Waals surface area contributed by atoms with Crippen molar-refractivity contribution in [1.82, 2.24) is 5.48 Å². The molecule has 23 heavy (non-hydrogen) atoms. The van der Waals surface area contributed by atoms with Gasteiger partial charge in [-0.3, -0.25) is 14.5 Å². The van der Waals surface area contributed by atoms with Crippen LogP contribution in [0.2, 0.25) is 0 Å². The Kier molecular flexibility index (Phi) is 6.42. The Labute approximate surface area is 138 Å². The summed E-state index contributed by atoms with van der Waals surface area (Å²) < 4.78 is 4.69. The van der Waals surface area contributed by atoms with Crippen LogP contribution in [0.5, 0.6) is 0 Å². The number of fused-ring (bicyclic) bond motifs is 1. The quantitative estimate of drug-likeness (QED) is 0.615. The van der Waals surface area contributed by atoms with Gasteiger partial charge in [0.1, 0.15) is 13.1 Å². The zero-order valence-electron chi connectivity index (χ0n) is 12.7. The summed E-state index contributed by atoms with van der Waals surface area (Å²) in [5.74, 6) is -0.635. The van der Waals surface area contributed by atoms with Crippen LogP contribution in [0.1, 0.15) is 13.3 Å². The summed E-state index contributed by atoms with van der Waals surface area (Å²) in [4.78, 5) is 42.3. The lowest BCUT2D eigenvalue weighted by atomic mass is 10.2. The SMILES string of the molecule is CCOC(=O)CNOC(=O)CN1C(=O)CCSc2ccccc21. The van der Waals surface area contributed by atoms with E-state index in [2.05, 4.69) is 5.48 Å². The molecule has 2 rings (SSSR count). The van der Waals surface area contributed by atoms with E-state index in [4.69, 9.17) is 9.57 Å². The number of carbonyl (C=O) groups is 3. The number of thioether (sulfide) groups is 1. The molecule has 0 saturated carbocycles. The number of ether oxygens (including phenoxy) is 1. The third-order valence-corrected chi connectivity index (χ3v) is 4.09. The van der Waals surface area contributed by atoms with Gasteiger partial charge in [-0.15, -0.1) is 17.2 Å². The van der Waals surface area contributed by atoms with Crippen molar-refractivity contribution in [2.45, 2.75) is 18.2 Å². The molecule has 7 nitrogen and oxygen atoms in total. The summed E-state index contributed by atoms with van der Waals surface area (Å²) in [6.45, 7) is 1.49. The molecule has 1 aromatic rings. The summed E-state index contributed by atoms with van der Waals surface area (Å²) in [7, 11) is 0. The summed E-state index contributed by atoms with van der Waals surface area (Å²) in [5.41, 5.74) is 2.94. The molecule has 0 atom stereocenters. The second-order valence-corrected chi connectivity index (χ2v) is 5.78. The predicted octanol–water partition coefficient (Wildman–Crippen LogP) is 1.13. The van der Waals surface area contributed by atoms with Crippen molar-refractivity contribution >= 4 is 35.3 Å². The molecule has 0 aliphatic carbocycles. The maximum absolute atomic E-state index is 12.2. The van der Waals surface area contributed by atoms with Crippen molar-refractivity contribution in [3.8, 4) is 0 Å². The standard InChI is InChI=1S/C15H18N2O5S/c1-2-21-14(19)9-16-22-15(20)10-17-11-5-3-4-6-12(11)23-8-7-13(17)18/h3-6,16H,2,7-10H2,1H3. The smallest absolute Gasteiger partial charge is 0.344 e. The first-order valence-electron chi connectivity index (χ1n) is 7.22. The number of hydrogen-bond donors (Lipinski definition) is 1. The topological polar surface area (TPSA) is 84.9 Å².